The lowest BCUT2D eigenvalue weighted by Gasteiger charge is -2.32. The quantitative estimate of drug-likeness (QED) is 0.367. The average molecular weight is 392 g/mol. The number of aryl methyl sites for hydroxylation is 1. The molecule has 1 aromatic carbocycles. The van der Waals surface area contributed by atoms with Crippen molar-refractivity contribution >= 4 is 16.9 Å². The van der Waals surface area contributed by atoms with Crippen LogP contribution in [0.25, 0.3) is 10.9 Å². The Morgan fingerprint density at radius 1 is 1.29 bits per heavy atom. The molecule has 0 spiro atoms. The first kappa shape index (κ1) is 20.6. The number of H-pyrrole nitrogens is 1. The monoisotopic (exact) mass is 391 g/mol. The summed E-state index contributed by atoms with van der Waals surface area (Å²) in [4.78, 5) is 9.86. The number of hydrogen-bond donors (Lipinski definition) is 3. The van der Waals surface area contributed by atoms with E-state index in [1.807, 2.05) is 17.9 Å². The number of nitrogens with zero attached hydrogens (tertiary/aromatic N) is 2. The molecule has 2 aromatic rings. The second-order valence-electron chi connectivity index (χ2n) is 7.33. The normalized spacial score (nSPS) is 16.8. The molecule has 154 valence electrons. The molecule has 0 saturated carbocycles. The summed E-state index contributed by atoms with van der Waals surface area (Å²) in [6.45, 7) is 4.91. The zero-order chi connectivity index (χ0) is 19.8. The molecule has 7 heteroatoms. The van der Waals surface area contributed by atoms with Crippen LogP contribution < -0.4 is 10.6 Å². The van der Waals surface area contributed by atoms with Gasteiger partial charge < -0.3 is 15.6 Å². The third-order valence-corrected chi connectivity index (χ3v) is 5.22. The molecule has 0 amide bonds. The van der Waals surface area contributed by atoms with E-state index in [9.17, 15) is 8.78 Å². The van der Waals surface area contributed by atoms with E-state index in [-0.39, 0.29) is 6.54 Å². The molecule has 1 saturated heterocycles. The number of hydrogen-bond acceptors (Lipinski definition) is 2. The second-order valence-corrected chi connectivity index (χ2v) is 7.33. The molecule has 0 bridgehead atoms. The number of rotatable bonds is 8. The maximum Gasteiger partial charge on any atom is 0.251 e. The SMILES string of the molecule is CCNC(=NCCCc1c[nH]c2ccccc12)NC1CCN(CC(F)F)CC1. The predicted molar refractivity (Wildman–Crippen MR) is 111 cm³/mol. The number of aromatic nitrogens is 1. The van der Waals surface area contributed by atoms with Crippen LogP contribution in [0.4, 0.5) is 8.78 Å². The van der Waals surface area contributed by atoms with Crippen molar-refractivity contribution in [2.45, 2.75) is 45.1 Å². The van der Waals surface area contributed by atoms with Crippen LogP contribution in [0.5, 0.6) is 0 Å². The summed E-state index contributed by atoms with van der Waals surface area (Å²) in [5, 5.41) is 8.05. The lowest BCUT2D eigenvalue weighted by Crippen LogP contribution is -2.49. The summed E-state index contributed by atoms with van der Waals surface area (Å²) in [5.41, 5.74) is 2.50. The molecule has 0 radical (unpaired) electrons. The number of benzene rings is 1. The van der Waals surface area contributed by atoms with Crippen molar-refractivity contribution in [2.24, 2.45) is 4.99 Å². The molecule has 0 aliphatic carbocycles. The first-order chi connectivity index (χ1) is 13.7. The smallest absolute Gasteiger partial charge is 0.251 e. The van der Waals surface area contributed by atoms with Crippen LogP contribution in [0.2, 0.25) is 0 Å². The number of piperidine rings is 1. The third-order valence-electron chi connectivity index (χ3n) is 5.22. The number of fused-ring (bicyclic) bond motifs is 1. The number of nitrogens with one attached hydrogen (secondary N) is 3. The fraction of sp³-hybridized carbons (Fsp3) is 0.571. The standard InChI is InChI=1S/C21H31F2N5/c1-2-24-21(27-17-9-12-28(13-10-17)15-20(22)23)25-11-5-6-16-14-26-19-8-4-3-7-18(16)19/h3-4,7-8,14,17,20,26H,2,5-6,9-13,15H2,1H3,(H2,24,25,27). The number of para-hydroxylation sites is 1. The van der Waals surface area contributed by atoms with Gasteiger partial charge in [0.1, 0.15) is 0 Å². The van der Waals surface area contributed by atoms with Crippen LogP contribution in [-0.2, 0) is 6.42 Å². The summed E-state index contributed by atoms with van der Waals surface area (Å²) in [7, 11) is 0. The Hall–Kier alpha value is -2.15. The van der Waals surface area contributed by atoms with E-state index in [0.717, 1.165) is 44.7 Å². The molecule has 3 N–H and O–H groups in total. The number of likely N-dealkylation sites (tertiary alicyclic amines) is 1. The summed E-state index contributed by atoms with van der Waals surface area (Å²) >= 11 is 0. The van der Waals surface area contributed by atoms with Gasteiger partial charge in [0.2, 0.25) is 0 Å². The van der Waals surface area contributed by atoms with Gasteiger partial charge in [-0.3, -0.25) is 9.89 Å². The Morgan fingerprint density at radius 2 is 2.07 bits per heavy atom. The highest BCUT2D eigenvalue weighted by atomic mass is 19.3. The van der Waals surface area contributed by atoms with Crippen LogP contribution >= 0.6 is 0 Å². The van der Waals surface area contributed by atoms with Gasteiger partial charge in [-0.25, -0.2) is 8.78 Å². The summed E-state index contributed by atoms with van der Waals surface area (Å²) < 4.78 is 25.0. The fourth-order valence-corrected chi connectivity index (χ4v) is 3.77. The molecule has 1 aliphatic rings. The molecule has 2 heterocycles. The highest BCUT2D eigenvalue weighted by molar-refractivity contribution is 5.83. The largest absolute Gasteiger partial charge is 0.361 e. The molecule has 3 rings (SSSR count). The second kappa shape index (κ2) is 10.4. The van der Waals surface area contributed by atoms with E-state index in [1.165, 1.54) is 16.5 Å². The van der Waals surface area contributed by atoms with Gasteiger partial charge in [-0.15, -0.1) is 0 Å². The average Bonchev–Trinajstić information content (AvgIpc) is 3.09. The zero-order valence-electron chi connectivity index (χ0n) is 16.6. The molecule has 1 aromatic heterocycles. The Bertz CT molecular complexity index is 750. The van der Waals surface area contributed by atoms with Crippen LogP contribution in [-0.4, -0.2) is 61.0 Å². The van der Waals surface area contributed by atoms with E-state index in [0.29, 0.717) is 19.1 Å². The summed E-state index contributed by atoms with van der Waals surface area (Å²) in [5.74, 6) is 0.828. The Labute approximate surface area is 165 Å². The number of alkyl halides is 2. The van der Waals surface area contributed by atoms with Gasteiger partial charge >= 0.3 is 0 Å². The summed E-state index contributed by atoms with van der Waals surface area (Å²) in [6, 6.07) is 8.64. The zero-order valence-corrected chi connectivity index (χ0v) is 16.6. The number of guanidine groups is 1. The maximum absolute atomic E-state index is 12.5. The van der Waals surface area contributed by atoms with Gasteiger partial charge in [0.05, 0.1) is 6.54 Å². The lowest BCUT2D eigenvalue weighted by molar-refractivity contribution is 0.0744. The van der Waals surface area contributed by atoms with Crippen molar-refractivity contribution in [1.82, 2.24) is 20.5 Å². The van der Waals surface area contributed by atoms with Crippen molar-refractivity contribution in [3.05, 3.63) is 36.0 Å². The Kier molecular flexibility index (Phi) is 7.65. The van der Waals surface area contributed by atoms with Crippen LogP contribution in [0.3, 0.4) is 0 Å². The predicted octanol–water partition coefficient (Wildman–Crippen LogP) is 3.39. The van der Waals surface area contributed by atoms with Crippen molar-refractivity contribution in [3.8, 4) is 0 Å². The van der Waals surface area contributed by atoms with Crippen molar-refractivity contribution in [2.75, 3.05) is 32.7 Å². The van der Waals surface area contributed by atoms with Crippen LogP contribution in [0, 0.1) is 0 Å². The van der Waals surface area contributed by atoms with E-state index in [1.54, 1.807) is 0 Å². The van der Waals surface area contributed by atoms with Crippen LogP contribution in [0.15, 0.2) is 35.5 Å². The number of halogens is 2. The van der Waals surface area contributed by atoms with Gasteiger partial charge in [0.25, 0.3) is 6.43 Å². The highest BCUT2D eigenvalue weighted by Gasteiger charge is 2.21. The van der Waals surface area contributed by atoms with E-state index >= 15 is 0 Å². The molecule has 28 heavy (non-hydrogen) atoms. The maximum atomic E-state index is 12.5. The fourth-order valence-electron chi connectivity index (χ4n) is 3.77. The number of aliphatic imine (C=N–C) groups is 1. The molecular weight excluding hydrogens is 360 g/mol. The minimum absolute atomic E-state index is 0.116. The van der Waals surface area contributed by atoms with E-state index in [2.05, 4.69) is 40.0 Å². The van der Waals surface area contributed by atoms with Gasteiger partial charge in [0.15, 0.2) is 5.96 Å². The Morgan fingerprint density at radius 3 is 2.82 bits per heavy atom. The highest BCUT2D eigenvalue weighted by Crippen LogP contribution is 2.19. The molecule has 1 fully saturated rings. The molecule has 0 unspecified atom stereocenters. The van der Waals surface area contributed by atoms with Crippen molar-refractivity contribution in [3.63, 3.8) is 0 Å². The molecule has 5 nitrogen and oxygen atoms in total. The van der Waals surface area contributed by atoms with Crippen molar-refractivity contribution in [1.29, 1.82) is 0 Å². The Balaban J connectivity index is 1.45. The van der Waals surface area contributed by atoms with Gasteiger partial charge in [-0.05, 0) is 44.2 Å². The molecule has 0 atom stereocenters. The van der Waals surface area contributed by atoms with Crippen molar-refractivity contribution < 1.29 is 8.78 Å². The summed E-state index contributed by atoms with van der Waals surface area (Å²) in [6.07, 6.45) is 3.54. The molecular formula is C21H31F2N5. The third kappa shape index (κ3) is 5.92. The minimum Gasteiger partial charge on any atom is -0.361 e. The molecule has 1 aliphatic heterocycles. The topological polar surface area (TPSA) is 55.5 Å². The van der Waals surface area contributed by atoms with Crippen LogP contribution in [0.1, 0.15) is 31.7 Å². The minimum atomic E-state index is -2.25. The lowest BCUT2D eigenvalue weighted by atomic mass is 10.1. The first-order valence-electron chi connectivity index (χ1n) is 10.3. The van der Waals surface area contributed by atoms with Gasteiger partial charge in [-0.1, -0.05) is 18.2 Å². The van der Waals surface area contributed by atoms with E-state index in [4.69, 9.17) is 4.99 Å². The number of aromatic amines is 1. The van der Waals surface area contributed by atoms with Gasteiger partial charge in [-0.2, -0.15) is 0 Å². The van der Waals surface area contributed by atoms with Gasteiger partial charge in [0, 0.05) is 49.3 Å². The first-order valence-corrected chi connectivity index (χ1v) is 10.3. The van der Waals surface area contributed by atoms with E-state index < -0.39 is 6.43 Å².